The maximum absolute atomic E-state index is 12.5. The van der Waals surface area contributed by atoms with Gasteiger partial charge in [0, 0.05) is 17.4 Å². The van der Waals surface area contributed by atoms with Crippen LogP contribution in [0.1, 0.15) is 13.3 Å². The number of esters is 1. The highest BCUT2D eigenvalue weighted by Crippen LogP contribution is 2.46. The van der Waals surface area contributed by atoms with E-state index in [2.05, 4.69) is 0 Å². The highest BCUT2D eigenvalue weighted by atomic mass is 16.7. The number of carbonyl (C=O) groups is 2. The van der Waals surface area contributed by atoms with Gasteiger partial charge in [0.2, 0.25) is 0 Å². The number of hydrogen-bond acceptors (Lipinski definition) is 10. The van der Waals surface area contributed by atoms with Crippen LogP contribution in [0.4, 0.5) is 0 Å². The van der Waals surface area contributed by atoms with Crippen molar-refractivity contribution < 1.29 is 49.3 Å². The average molecular weight is 426 g/mol. The number of rotatable bonds is 4. The molecule has 10 atom stereocenters. The first kappa shape index (κ1) is 21.6. The summed E-state index contributed by atoms with van der Waals surface area (Å²) in [6.45, 7) is 0.921. The lowest BCUT2D eigenvalue weighted by Crippen LogP contribution is -2.59. The lowest BCUT2D eigenvalue weighted by Gasteiger charge is -2.39. The summed E-state index contributed by atoms with van der Waals surface area (Å²) in [5.74, 6) is -2.27. The van der Waals surface area contributed by atoms with Crippen LogP contribution in [0.25, 0.3) is 0 Å². The highest BCUT2D eigenvalue weighted by molar-refractivity contribution is 6.08. The maximum Gasteiger partial charge on any atom is 0.309 e. The Morgan fingerprint density at radius 3 is 2.57 bits per heavy atom. The summed E-state index contributed by atoms with van der Waals surface area (Å²) in [5.41, 5.74) is 0.921. The number of fused-ring (bicyclic) bond motifs is 3. The molecule has 10 heteroatoms. The monoisotopic (exact) mass is 426 g/mol. The van der Waals surface area contributed by atoms with Gasteiger partial charge in [-0.2, -0.15) is 0 Å². The van der Waals surface area contributed by atoms with E-state index < -0.39 is 73.2 Å². The SMILES string of the molecule is CC1C(=O)OC2C3C(COC4OC(CO)C(O)C(O)C4O)=CC(=O)C3=CCC(O)C12. The van der Waals surface area contributed by atoms with E-state index in [0.717, 1.165) is 0 Å². The third-order valence-electron chi connectivity index (χ3n) is 6.53. The van der Waals surface area contributed by atoms with E-state index in [1.165, 1.54) is 6.08 Å². The molecule has 4 aliphatic rings. The first-order valence-corrected chi connectivity index (χ1v) is 10.00. The van der Waals surface area contributed by atoms with Crippen LogP contribution < -0.4 is 0 Å². The Hall–Kier alpha value is -1.66. The fourth-order valence-electron chi connectivity index (χ4n) is 4.83. The van der Waals surface area contributed by atoms with Crippen LogP contribution in [0.5, 0.6) is 0 Å². The van der Waals surface area contributed by atoms with Crippen molar-refractivity contribution in [1.29, 1.82) is 0 Å². The predicted molar refractivity (Wildman–Crippen MR) is 97.5 cm³/mol. The second-order valence-corrected chi connectivity index (χ2v) is 8.30. The summed E-state index contributed by atoms with van der Waals surface area (Å²) < 4.78 is 16.4. The van der Waals surface area contributed by atoms with Gasteiger partial charge in [0.05, 0.1) is 25.2 Å². The van der Waals surface area contributed by atoms with Crippen molar-refractivity contribution in [3.05, 3.63) is 23.3 Å². The molecule has 30 heavy (non-hydrogen) atoms. The second kappa shape index (κ2) is 8.12. The van der Waals surface area contributed by atoms with Crippen LogP contribution in [-0.4, -0.2) is 93.4 Å². The normalized spacial score (nSPS) is 45.9. The Kier molecular flexibility index (Phi) is 5.84. The average Bonchev–Trinajstić information content (AvgIpc) is 3.13. The molecule has 166 valence electrons. The van der Waals surface area contributed by atoms with Gasteiger partial charge in [0.25, 0.3) is 0 Å². The van der Waals surface area contributed by atoms with Crippen LogP contribution in [0.2, 0.25) is 0 Å². The molecule has 5 N–H and O–H groups in total. The predicted octanol–water partition coefficient (Wildman–Crippen LogP) is -2.20. The molecule has 2 aliphatic heterocycles. The van der Waals surface area contributed by atoms with Crippen molar-refractivity contribution in [3.8, 4) is 0 Å². The molecule has 0 radical (unpaired) electrons. The fraction of sp³-hybridized carbons (Fsp3) is 0.700. The minimum absolute atomic E-state index is 0.179. The van der Waals surface area contributed by atoms with E-state index in [9.17, 15) is 35.1 Å². The third-order valence-corrected chi connectivity index (χ3v) is 6.53. The lowest BCUT2D eigenvalue weighted by atomic mass is 9.79. The first-order valence-electron chi connectivity index (χ1n) is 10.00. The molecule has 10 unspecified atom stereocenters. The summed E-state index contributed by atoms with van der Waals surface area (Å²) in [6, 6.07) is 0. The molecule has 2 saturated heterocycles. The summed E-state index contributed by atoms with van der Waals surface area (Å²) in [7, 11) is 0. The highest BCUT2D eigenvalue weighted by Gasteiger charge is 2.54. The molecule has 0 aromatic rings. The van der Waals surface area contributed by atoms with Gasteiger partial charge < -0.3 is 39.7 Å². The number of hydrogen-bond donors (Lipinski definition) is 5. The van der Waals surface area contributed by atoms with Crippen molar-refractivity contribution in [2.45, 2.75) is 56.3 Å². The van der Waals surface area contributed by atoms with Crippen LogP contribution in [-0.2, 0) is 23.8 Å². The molecule has 0 bridgehead atoms. The van der Waals surface area contributed by atoms with Crippen LogP contribution in [0.15, 0.2) is 23.3 Å². The van der Waals surface area contributed by atoms with E-state index >= 15 is 0 Å². The Labute approximate surface area is 172 Å². The zero-order valence-electron chi connectivity index (χ0n) is 16.3. The maximum atomic E-state index is 12.5. The molecule has 2 heterocycles. The molecule has 2 fully saturated rings. The Bertz CT molecular complexity index is 774. The van der Waals surface area contributed by atoms with E-state index in [1.807, 2.05) is 0 Å². The van der Waals surface area contributed by atoms with E-state index in [1.54, 1.807) is 13.0 Å². The first-order chi connectivity index (χ1) is 14.2. The van der Waals surface area contributed by atoms with Gasteiger partial charge in [-0.25, -0.2) is 0 Å². The van der Waals surface area contributed by atoms with E-state index in [4.69, 9.17) is 14.2 Å². The quantitative estimate of drug-likeness (QED) is 0.312. The van der Waals surface area contributed by atoms with E-state index in [-0.39, 0.29) is 18.8 Å². The minimum atomic E-state index is -1.58. The van der Waals surface area contributed by atoms with Gasteiger partial charge in [0.15, 0.2) is 12.1 Å². The smallest absolute Gasteiger partial charge is 0.309 e. The lowest BCUT2D eigenvalue weighted by molar-refractivity contribution is -0.299. The third kappa shape index (κ3) is 3.42. The molecular formula is C20H26O10. The summed E-state index contributed by atoms with van der Waals surface area (Å²) >= 11 is 0. The molecule has 10 nitrogen and oxygen atoms in total. The molecular weight excluding hydrogens is 400 g/mol. The van der Waals surface area contributed by atoms with Crippen molar-refractivity contribution in [1.82, 2.24) is 0 Å². The second-order valence-electron chi connectivity index (χ2n) is 8.30. The Morgan fingerprint density at radius 1 is 1.13 bits per heavy atom. The number of ketones is 1. The van der Waals surface area contributed by atoms with Crippen molar-refractivity contribution in [2.24, 2.45) is 17.8 Å². The molecule has 4 rings (SSSR count). The molecule has 0 spiro atoms. The zero-order chi connectivity index (χ0) is 21.7. The van der Waals surface area contributed by atoms with Gasteiger partial charge in [-0.1, -0.05) is 13.0 Å². The van der Waals surface area contributed by atoms with Gasteiger partial charge in [-0.15, -0.1) is 0 Å². The van der Waals surface area contributed by atoms with Gasteiger partial charge in [0.1, 0.15) is 30.5 Å². The Balaban J connectivity index is 1.53. The minimum Gasteiger partial charge on any atom is -0.461 e. The zero-order valence-corrected chi connectivity index (χ0v) is 16.3. The number of ether oxygens (including phenoxy) is 3. The topological polar surface area (TPSA) is 163 Å². The van der Waals surface area contributed by atoms with Crippen molar-refractivity contribution in [3.63, 3.8) is 0 Å². The molecule has 0 saturated carbocycles. The van der Waals surface area contributed by atoms with Gasteiger partial charge in [-0.05, 0) is 18.1 Å². The summed E-state index contributed by atoms with van der Waals surface area (Å²) in [6.07, 6.45) is -5.38. The van der Waals surface area contributed by atoms with E-state index in [0.29, 0.717) is 11.1 Å². The van der Waals surface area contributed by atoms with Crippen molar-refractivity contribution in [2.75, 3.05) is 13.2 Å². The summed E-state index contributed by atoms with van der Waals surface area (Å²) in [4.78, 5) is 24.7. The fourth-order valence-corrected chi connectivity index (χ4v) is 4.83. The number of allylic oxidation sites excluding steroid dienone is 1. The number of aliphatic hydroxyl groups excluding tert-OH is 5. The number of carbonyl (C=O) groups excluding carboxylic acids is 2. The van der Waals surface area contributed by atoms with Gasteiger partial charge >= 0.3 is 5.97 Å². The standard InChI is InChI=1S/C20H26O10/c1-7-13-10(22)3-2-9-11(23)4-8(14(9)18(13)30-19(7)27)6-28-20-17(26)16(25)15(24)12(5-21)29-20/h2,4,7,10,12-18,20-22,24-26H,3,5-6H2,1H3. The van der Waals surface area contributed by atoms with Gasteiger partial charge in [-0.3, -0.25) is 9.59 Å². The van der Waals surface area contributed by atoms with Crippen molar-refractivity contribution >= 4 is 11.8 Å². The molecule has 0 aromatic carbocycles. The summed E-state index contributed by atoms with van der Waals surface area (Å²) in [5, 5.41) is 49.7. The molecule has 2 aliphatic carbocycles. The number of aliphatic hydroxyl groups is 5. The van der Waals surface area contributed by atoms with Crippen LogP contribution in [0.3, 0.4) is 0 Å². The van der Waals surface area contributed by atoms with Crippen LogP contribution in [0, 0.1) is 17.8 Å². The Morgan fingerprint density at radius 2 is 1.87 bits per heavy atom. The van der Waals surface area contributed by atoms with Crippen LogP contribution >= 0.6 is 0 Å². The molecule has 0 amide bonds. The largest absolute Gasteiger partial charge is 0.461 e. The molecule has 0 aromatic heterocycles.